The Kier molecular flexibility index (Phi) is 7.24. The maximum absolute atomic E-state index is 12.4. The van der Waals surface area contributed by atoms with Crippen LogP contribution < -0.4 is 5.32 Å². The molecule has 0 aliphatic heterocycles. The summed E-state index contributed by atoms with van der Waals surface area (Å²) < 4.78 is 1.76. The molecule has 0 saturated carbocycles. The number of halogens is 2. The van der Waals surface area contributed by atoms with Crippen LogP contribution in [-0.2, 0) is 4.79 Å². The second kappa shape index (κ2) is 10.1. The van der Waals surface area contributed by atoms with E-state index in [9.17, 15) is 9.90 Å². The molecule has 4 rings (SSSR count). The summed E-state index contributed by atoms with van der Waals surface area (Å²) in [5.41, 5.74) is 4.99. The van der Waals surface area contributed by atoms with Gasteiger partial charge in [0, 0.05) is 22.5 Å². The number of benzene rings is 3. The average molecular weight is 516 g/mol. The molecule has 4 aromatic rings. The van der Waals surface area contributed by atoms with E-state index < -0.39 is 0 Å². The van der Waals surface area contributed by atoms with Gasteiger partial charge in [-0.1, -0.05) is 52.7 Å². The molecule has 0 bridgehead atoms. The molecule has 2 N–H and O–H groups in total. The number of aromatic hydroxyl groups is 1. The first-order valence-corrected chi connectivity index (χ1v) is 12.5. The number of thiazole rings is 1. The third-order valence-electron chi connectivity index (χ3n) is 4.75. The molecule has 0 atom stereocenters. The van der Waals surface area contributed by atoms with Gasteiger partial charge in [0.15, 0.2) is 4.34 Å². The molecule has 5 nitrogen and oxygen atoms in total. The van der Waals surface area contributed by atoms with Crippen LogP contribution in [0.3, 0.4) is 0 Å². The first kappa shape index (κ1) is 23.6. The van der Waals surface area contributed by atoms with Gasteiger partial charge in [0.2, 0.25) is 5.91 Å². The lowest BCUT2D eigenvalue weighted by molar-refractivity contribution is -0.113. The number of nitrogens with zero attached hydrogens (tertiary/aromatic N) is 2. The van der Waals surface area contributed by atoms with Crippen LogP contribution in [-0.4, -0.2) is 28.0 Å². The van der Waals surface area contributed by atoms with Gasteiger partial charge < -0.3 is 10.4 Å². The van der Waals surface area contributed by atoms with Crippen molar-refractivity contribution in [3.63, 3.8) is 0 Å². The number of thioether (sulfide) groups is 1. The van der Waals surface area contributed by atoms with E-state index in [2.05, 4.69) is 15.3 Å². The molecule has 0 saturated heterocycles. The zero-order valence-corrected chi connectivity index (χ0v) is 20.9. The van der Waals surface area contributed by atoms with E-state index >= 15 is 0 Å². The third-order valence-corrected chi connectivity index (χ3v) is 7.41. The van der Waals surface area contributed by atoms with Crippen molar-refractivity contribution in [1.29, 1.82) is 0 Å². The van der Waals surface area contributed by atoms with Gasteiger partial charge in [-0.3, -0.25) is 9.79 Å². The van der Waals surface area contributed by atoms with Gasteiger partial charge in [0.05, 0.1) is 26.7 Å². The number of fused-ring (bicyclic) bond motifs is 1. The molecule has 0 aliphatic rings. The predicted molar refractivity (Wildman–Crippen MR) is 140 cm³/mol. The molecular formula is C24H19Cl2N3O2S2. The second-order valence-electron chi connectivity index (χ2n) is 7.37. The lowest BCUT2D eigenvalue weighted by atomic mass is 10.1. The van der Waals surface area contributed by atoms with Gasteiger partial charge >= 0.3 is 0 Å². The Morgan fingerprint density at radius 1 is 1.18 bits per heavy atom. The van der Waals surface area contributed by atoms with E-state index in [0.29, 0.717) is 16.3 Å². The highest BCUT2D eigenvalue weighted by Crippen LogP contribution is 2.33. The van der Waals surface area contributed by atoms with Gasteiger partial charge in [-0.05, 0) is 55.8 Å². The fourth-order valence-corrected chi connectivity index (χ4v) is 5.54. The van der Waals surface area contributed by atoms with Gasteiger partial charge in [-0.2, -0.15) is 0 Å². The molecule has 33 heavy (non-hydrogen) atoms. The zero-order valence-electron chi connectivity index (χ0n) is 17.7. The minimum absolute atomic E-state index is 0.0681. The molecule has 1 aromatic heterocycles. The van der Waals surface area contributed by atoms with Crippen molar-refractivity contribution in [2.24, 2.45) is 4.99 Å². The number of rotatable bonds is 6. The minimum Gasteiger partial charge on any atom is -0.506 e. The summed E-state index contributed by atoms with van der Waals surface area (Å²) in [6.07, 6.45) is 1.52. The fraction of sp³-hybridized carbons (Fsp3) is 0.125. The molecule has 0 fully saturated rings. The maximum atomic E-state index is 12.4. The highest BCUT2D eigenvalue weighted by Gasteiger charge is 2.10. The summed E-state index contributed by atoms with van der Waals surface area (Å²) >= 11 is 14.9. The Morgan fingerprint density at radius 3 is 2.79 bits per heavy atom. The van der Waals surface area contributed by atoms with Crippen molar-refractivity contribution in [3.05, 3.63) is 75.3 Å². The van der Waals surface area contributed by atoms with Crippen LogP contribution in [0.5, 0.6) is 5.75 Å². The SMILES string of the molecule is Cc1ccc(NC(=O)CSc2nc3ccc(N=Cc4cc(Cl)cc(Cl)c4O)cc3s2)c(C)c1. The Labute approximate surface area is 209 Å². The van der Waals surface area contributed by atoms with E-state index in [4.69, 9.17) is 23.2 Å². The van der Waals surface area contributed by atoms with Crippen molar-refractivity contribution in [2.45, 2.75) is 18.2 Å². The maximum Gasteiger partial charge on any atom is 0.234 e. The van der Waals surface area contributed by atoms with Crippen molar-refractivity contribution >= 4 is 80.0 Å². The molecule has 168 valence electrons. The minimum atomic E-state index is -0.0727. The van der Waals surface area contributed by atoms with E-state index in [1.165, 1.54) is 35.4 Å². The summed E-state index contributed by atoms with van der Waals surface area (Å²) in [5.74, 6) is 0.130. The number of anilines is 1. The van der Waals surface area contributed by atoms with Crippen molar-refractivity contribution in [2.75, 3.05) is 11.1 Å². The van der Waals surface area contributed by atoms with Gasteiger partial charge in [0.25, 0.3) is 0 Å². The monoisotopic (exact) mass is 515 g/mol. The number of phenolic OH excluding ortho intramolecular Hbond substituents is 1. The third kappa shape index (κ3) is 5.86. The molecule has 9 heteroatoms. The summed E-state index contributed by atoms with van der Waals surface area (Å²) in [6.45, 7) is 4.00. The Morgan fingerprint density at radius 2 is 2.00 bits per heavy atom. The van der Waals surface area contributed by atoms with Crippen LogP contribution in [0.4, 0.5) is 11.4 Å². The molecule has 3 aromatic carbocycles. The van der Waals surface area contributed by atoms with Gasteiger partial charge in [0.1, 0.15) is 5.75 Å². The highest BCUT2D eigenvalue weighted by molar-refractivity contribution is 8.01. The normalized spacial score (nSPS) is 11.4. The first-order chi connectivity index (χ1) is 15.8. The number of carbonyl (C=O) groups is 1. The topological polar surface area (TPSA) is 74.6 Å². The average Bonchev–Trinajstić information content (AvgIpc) is 3.18. The number of aromatic nitrogens is 1. The fourth-order valence-electron chi connectivity index (χ4n) is 3.13. The summed E-state index contributed by atoms with van der Waals surface area (Å²) in [5, 5.41) is 13.6. The van der Waals surface area contributed by atoms with Crippen molar-refractivity contribution < 1.29 is 9.90 Å². The summed E-state index contributed by atoms with van der Waals surface area (Å²) in [6, 6.07) is 14.6. The van der Waals surface area contributed by atoms with E-state index in [0.717, 1.165) is 31.4 Å². The number of hydrogen-bond acceptors (Lipinski definition) is 6. The number of nitrogens with one attached hydrogen (secondary N) is 1. The van der Waals surface area contributed by atoms with Crippen molar-refractivity contribution in [3.8, 4) is 5.75 Å². The molecule has 0 aliphatic carbocycles. The Bertz CT molecular complexity index is 1390. The largest absolute Gasteiger partial charge is 0.506 e. The number of amides is 1. The number of aryl methyl sites for hydroxylation is 2. The Balaban J connectivity index is 1.43. The van der Waals surface area contributed by atoms with Gasteiger partial charge in [-0.15, -0.1) is 11.3 Å². The van der Waals surface area contributed by atoms with Gasteiger partial charge in [-0.25, -0.2) is 4.98 Å². The van der Waals surface area contributed by atoms with Crippen LogP contribution in [0.25, 0.3) is 10.2 Å². The van der Waals surface area contributed by atoms with Crippen molar-refractivity contribution in [1.82, 2.24) is 4.98 Å². The number of phenols is 1. The molecule has 0 unspecified atom stereocenters. The van der Waals surface area contributed by atoms with E-state index in [1.807, 2.05) is 50.2 Å². The van der Waals surface area contributed by atoms with Crippen LogP contribution in [0.15, 0.2) is 57.9 Å². The molecular weight excluding hydrogens is 497 g/mol. The van der Waals surface area contributed by atoms with Crippen LogP contribution in [0.2, 0.25) is 10.0 Å². The molecule has 1 amide bonds. The number of aliphatic imine (C=N–C) groups is 1. The number of carbonyl (C=O) groups excluding carboxylic acids is 1. The summed E-state index contributed by atoms with van der Waals surface area (Å²) in [7, 11) is 0. The molecule has 0 spiro atoms. The molecule has 1 heterocycles. The standard InChI is InChI=1S/C24H19Cl2N3O2S2/c1-13-3-5-19(14(2)7-13)28-22(30)12-32-24-29-20-6-4-17(10-21(20)33-24)27-11-15-8-16(25)9-18(26)23(15)31/h3-11,31H,12H2,1-2H3,(H,28,30). The second-order valence-corrected chi connectivity index (χ2v) is 10.5. The highest BCUT2D eigenvalue weighted by atomic mass is 35.5. The van der Waals surface area contributed by atoms with Crippen LogP contribution in [0, 0.1) is 13.8 Å². The van der Waals surface area contributed by atoms with E-state index in [1.54, 1.807) is 6.07 Å². The lowest BCUT2D eigenvalue weighted by Gasteiger charge is -2.08. The summed E-state index contributed by atoms with van der Waals surface area (Å²) in [4.78, 5) is 21.4. The number of hydrogen-bond donors (Lipinski definition) is 2. The van der Waals surface area contributed by atoms with Crippen LogP contribution >= 0.6 is 46.3 Å². The smallest absolute Gasteiger partial charge is 0.234 e. The van der Waals surface area contributed by atoms with E-state index in [-0.39, 0.29) is 22.4 Å². The van der Waals surface area contributed by atoms with Crippen LogP contribution in [0.1, 0.15) is 16.7 Å². The zero-order chi connectivity index (χ0) is 23.5. The molecule has 0 radical (unpaired) electrons. The first-order valence-electron chi connectivity index (χ1n) is 9.91. The lowest BCUT2D eigenvalue weighted by Crippen LogP contribution is -2.14. The quantitative estimate of drug-likeness (QED) is 0.207. The Hall–Kier alpha value is -2.58. The predicted octanol–water partition coefficient (Wildman–Crippen LogP) is 7.41.